The third kappa shape index (κ3) is 3.50. The largest absolute Gasteiger partial charge is 0.494 e. The lowest BCUT2D eigenvalue weighted by Crippen LogP contribution is -2.04. The smallest absolute Gasteiger partial charge is 0.120 e. The normalized spacial score (nSPS) is 12.8. The van der Waals surface area contributed by atoms with E-state index in [0.717, 1.165) is 29.6 Å². The van der Waals surface area contributed by atoms with E-state index in [9.17, 15) is 0 Å². The summed E-state index contributed by atoms with van der Waals surface area (Å²) in [4.78, 5) is 3.18. The standard InChI is InChI=1S/C14H18BrNO/c1-11(4-7-15)6-9-17-13-2-3-14-12(10-13)5-8-16-14/h2-3,5,8,10-11,16H,4,6-7,9H2,1H3. The number of aromatic nitrogens is 1. The molecule has 17 heavy (non-hydrogen) atoms. The summed E-state index contributed by atoms with van der Waals surface area (Å²) >= 11 is 3.47. The molecule has 92 valence electrons. The summed E-state index contributed by atoms with van der Waals surface area (Å²) in [7, 11) is 0. The lowest BCUT2D eigenvalue weighted by molar-refractivity contribution is 0.282. The number of hydrogen-bond donors (Lipinski definition) is 1. The summed E-state index contributed by atoms with van der Waals surface area (Å²) < 4.78 is 5.77. The predicted molar refractivity (Wildman–Crippen MR) is 76.0 cm³/mol. The molecule has 1 atom stereocenters. The van der Waals surface area contributed by atoms with Gasteiger partial charge in [0.2, 0.25) is 0 Å². The zero-order chi connectivity index (χ0) is 12.1. The molecule has 0 saturated heterocycles. The highest BCUT2D eigenvalue weighted by Gasteiger charge is 2.02. The van der Waals surface area contributed by atoms with E-state index >= 15 is 0 Å². The summed E-state index contributed by atoms with van der Waals surface area (Å²) in [5.74, 6) is 1.67. The van der Waals surface area contributed by atoms with Crippen LogP contribution in [0.25, 0.3) is 10.9 Å². The van der Waals surface area contributed by atoms with Gasteiger partial charge in [0, 0.05) is 22.4 Å². The molecule has 3 heteroatoms. The molecule has 0 bridgehead atoms. The van der Waals surface area contributed by atoms with Gasteiger partial charge in [0.05, 0.1) is 6.61 Å². The van der Waals surface area contributed by atoms with Gasteiger partial charge >= 0.3 is 0 Å². The van der Waals surface area contributed by atoms with Crippen molar-refractivity contribution in [1.29, 1.82) is 0 Å². The number of rotatable bonds is 6. The van der Waals surface area contributed by atoms with Crippen molar-refractivity contribution < 1.29 is 4.74 Å². The average Bonchev–Trinajstić information content (AvgIpc) is 2.76. The van der Waals surface area contributed by atoms with Crippen LogP contribution in [0.2, 0.25) is 0 Å². The molecule has 2 rings (SSSR count). The van der Waals surface area contributed by atoms with Gasteiger partial charge < -0.3 is 9.72 Å². The van der Waals surface area contributed by atoms with Crippen molar-refractivity contribution in [3.8, 4) is 5.75 Å². The highest BCUT2D eigenvalue weighted by molar-refractivity contribution is 9.09. The predicted octanol–water partition coefficient (Wildman–Crippen LogP) is 4.36. The number of nitrogens with one attached hydrogen (secondary N) is 1. The van der Waals surface area contributed by atoms with Gasteiger partial charge in [-0.25, -0.2) is 0 Å². The monoisotopic (exact) mass is 295 g/mol. The maximum Gasteiger partial charge on any atom is 0.120 e. The number of halogens is 1. The Morgan fingerprint density at radius 1 is 1.29 bits per heavy atom. The van der Waals surface area contributed by atoms with Crippen LogP contribution in [0.1, 0.15) is 19.8 Å². The first kappa shape index (κ1) is 12.5. The minimum absolute atomic E-state index is 0.713. The van der Waals surface area contributed by atoms with Crippen molar-refractivity contribution in [2.75, 3.05) is 11.9 Å². The molecule has 0 saturated carbocycles. The zero-order valence-corrected chi connectivity index (χ0v) is 11.7. The second-order valence-electron chi connectivity index (χ2n) is 4.45. The van der Waals surface area contributed by atoms with Crippen molar-refractivity contribution in [1.82, 2.24) is 4.98 Å². The van der Waals surface area contributed by atoms with Crippen LogP contribution in [-0.2, 0) is 0 Å². The fourth-order valence-electron chi connectivity index (χ4n) is 1.83. The fourth-order valence-corrected chi connectivity index (χ4v) is 2.61. The van der Waals surface area contributed by atoms with Crippen LogP contribution in [-0.4, -0.2) is 16.9 Å². The Hall–Kier alpha value is -0.960. The number of H-pyrrole nitrogens is 1. The second-order valence-corrected chi connectivity index (χ2v) is 5.24. The molecule has 0 aliphatic heterocycles. The maximum atomic E-state index is 5.77. The van der Waals surface area contributed by atoms with Gasteiger partial charge in [-0.3, -0.25) is 0 Å². The van der Waals surface area contributed by atoms with Gasteiger partial charge in [-0.15, -0.1) is 0 Å². The Labute approximate surface area is 110 Å². The van der Waals surface area contributed by atoms with Crippen molar-refractivity contribution in [3.05, 3.63) is 30.5 Å². The Bertz CT molecular complexity index is 466. The van der Waals surface area contributed by atoms with Crippen LogP contribution in [0.4, 0.5) is 0 Å². The van der Waals surface area contributed by atoms with E-state index in [1.165, 1.54) is 11.8 Å². The molecule has 0 aliphatic rings. The first-order valence-corrected chi connectivity index (χ1v) is 7.17. The Morgan fingerprint density at radius 3 is 3.00 bits per heavy atom. The maximum absolute atomic E-state index is 5.77. The molecule has 0 radical (unpaired) electrons. The van der Waals surface area contributed by atoms with Crippen molar-refractivity contribution >= 4 is 26.8 Å². The molecule has 2 aromatic rings. The van der Waals surface area contributed by atoms with Gasteiger partial charge in [0.15, 0.2) is 0 Å². The number of alkyl halides is 1. The van der Waals surface area contributed by atoms with Crippen LogP contribution in [0.5, 0.6) is 5.75 Å². The molecule has 0 fully saturated rings. The molecule has 0 spiro atoms. The minimum Gasteiger partial charge on any atom is -0.494 e. The van der Waals surface area contributed by atoms with Crippen molar-refractivity contribution in [3.63, 3.8) is 0 Å². The summed E-state index contributed by atoms with van der Waals surface area (Å²) in [6, 6.07) is 8.23. The van der Waals surface area contributed by atoms with Crippen LogP contribution in [0, 0.1) is 5.92 Å². The van der Waals surface area contributed by atoms with Gasteiger partial charge in [-0.2, -0.15) is 0 Å². The SMILES string of the molecule is CC(CCBr)CCOc1ccc2[nH]ccc2c1. The lowest BCUT2D eigenvalue weighted by atomic mass is 10.1. The van der Waals surface area contributed by atoms with Crippen molar-refractivity contribution in [2.24, 2.45) is 5.92 Å². The number of aromatic amines is 1. The number of ether oxygens (including phenoxy) is 1. The second kappa shape index (κ2) is 6.10. The summed E-state index contributed by atoms with van der Waals surface area (Å²) in [5, 5.41) is 2.28. The third-order valence-corrected chi connectivity index (χ3v) is 3.46. The summed E-state index contributed by atoms with van der Waals surface area (Å²) in [5.41, 5.74) is 1.16. The zero-order valence-electron chi connectivity index (χ0n) is 10.1. The van der Waals surface area contributed by atoms with E-state index in [2.05, 4.69) is 46.0 Å². The van der Waals surface area contributed by atoms with Gasteiger partial charge in [0.25, 0.3) is 0 Å². The molecular formula is C14H18BrNO. The average molecular weight is 296 g/mol. The topological polar surface area (TPSA) is 25.0 Å². The first-order valence-electron chi connectivity index (χ1n) is 6.05. The Balaban J connectivity index is 1.86. The van der Waals surface area contributed by atoms with E-state index in [1.54, 1.807) is 0 Å². The van der Waals surface area contributed by atoms with Crippen LogP contribution >= 0.6 is 15.9 Å². The van der Waals surface area contributed by atoms with E-state index < -0.39 is 0 Å². The van der Waals surface area contributed by atoms with E-state index in [1.807, 2.05) is 12.3 Å². The molecular weight excluding hydrogens is 278 g/mol. The summed E-state index contributed by atoms with van der Waals surface area (Å²) in [6.07, 6.45) is 4.27. The molecule has 0 amide bonds. The van der Waals surface area contributed by atoms with Gasteiger partial charge in [-0.1, -0.05) is 22.9 Å². The Kier molecular flexibility index (Phi) is 4.49. The highest BCUT2D eigenvalue weighted by atomic mass is 79.9. The third-order valence-electron chi connectivity index (χ3n) is 3.01. The van der Waals surface area contributed by atoms with Crippen LogP contribution < -0.4 is 4.74 Å². The molecule has 1 aromatic carbocycles. The van der Waals surface area contributed by atoms with Crippen molar-refractivity contribution in [2.45, 2.75) is 19.8 Å². The molecule has 0 aliphatic carbocycles. The van der Waals surface area contributed by atoms with E-state index in [4.69, 9.17) is 4.74 Å². The highest BCUT2D eigenvalue weighted by Crippen LogP contribution is 2.20. The van der Waals surface area contributed by atoms with Crippen LogP contribution in [0.15, 0.2) is 30.5 Å². The molecule has 1 heterocycles. The molecule has 1 N–H and O–H groups in total. The quantitative estimate of drug-likeness (QED) is 0.787. The van der Waals surface area contributed by atoms with Gasteiger partial charge in [0.1, 0.15) is 5.75 Å². The summed E-state index contributed by atoms with van der Waals surface area (Å²) in [6.45, 7) is 3.06. The molecule has 1 aromatic heterocycles. The van der Waals surface area contributed by atoms with E-state index in [-0.39, 0.29) is 0 Å². The first-order chi connectivity index (χ1) is 8.29. The number of hydrogen-bond acceptors (Lipinski definition) is 1. The molecule has 1 unspecified atom stereocenters. The number of benzene rings is 1. The Morgan fingerprint density at radius 2 is 2.18 bits per heavy atom. The molecule has 2 nitrogen and oxygen atoms in total. The van der Waals surface area contributed by atoms with Gasteiger partial charge in [-0.05, 0) is 43.0 Å². The lowest BCUT2D eigenvalue weighted by Gasteiger charge is -2.10. The number of fused-ring (bicyclic) bond motifs is 1. The fraction of sp³-hybridized carbons (Fsp3) is 0.429. The minimum atomic E-state index is 0.713. The van der Waals surface area contributed by atoms with Crippen LogP contribution in [0.3, 0.4) is 0 Å². The van der Waals surface area contributed by atoms with E-state index in [0.29, 0.717) is 5.92 Å².